The maximum Gasteiger partial charge on any atom is 0.230 e. The SMILES string of the molecule is CS(=O)(=O)Nc1ccc(-n2cc(-c3ccc(C(=O)C4CCCC4)o3)nn2)c(N2CCC3(CC2)CC3)n1. The van der Waals surface area contributed by atoms with Crippen LogP contribution in [0.15, 0.2) is 34.9 Å². The predicted molar refractivity (Wildman–Crippen MR) is 135 cm³/mol. The van der Waals surface area contributed by atoms with Gasteiger partial charge >= 0.3 is 0 Å². The fraction of sp³-hybridized carbons (Fsp3) is 0.520. The summed E-state index contributed by atoms with van der Waals surface area (Å²) in [5, 5.41) is 8.60. The van der Waals surface area contributed by atoms with E-state index in [0.29, 0.717) is 34.1 Å². The molecule has 0 bridgehead atoms. The number of carbonyl (C=O) groups excluding carboxylic acids is 1. The van der Waals surface area contributed by atoms with E-state index in [2.05, 4.69) is 24.9 Å². The first-order valence-corrected chi connectivity index (χ1v) is 14.5. The van der Waals surface area contributed by atoms with E-state index in [-0.39, 0.29) is 17.5 Å². The largest absolute Gasteiger partial charge is 0.451 e. The lowest BCUT2D eigenvalue weighted by Crippen LogP contribution is -2.35. The van der Waals surface area contributed by atoms with Gasteiger partial charge in [-0.25, -0.2) is 18.1 Å². The minimum atomic E-state index is -3.46. The second-order valence-corrected chi connectivity index (χ2v) is 12.2. The second-order valence-electron chi connectivity index (χ2n) is 10.5. The zero-order valence-corrected chi connectivity index (χ0v) is 21.1. The van der Waals surface area contributed by atoms with Crippen molar-refractivity contribution in [3.8, 4) is 17.1 Å². The van der Waals surface area contributed by atoms with Crippen LogP contribution in [0.5, 0.6) is 0 Å². The highest BCUT2D eigenvalue weighted by molar-refractivity contribution is 7.92. The van der Waals surface area contributed by atoms with Crippen LogP contribution in [0.2, 0.25) is 0 Å². The van der Waals surface area contributed by atoms with Crippen LogP contribution in [0.4, 0.5) is 11.6 Å². The quantitative estimate of drug-likeness (QED) is 0.472. The summed E-state index contributed by atoms with van der Waals surface area (Å²) >= 11 is 0. The van der Waals surface area contributed by atoms with Gasteiger partial charge in [0, 0.05) is 19.0 Å². The van der Waals surface area contributed by atoms with Crippen LogP contribution in [0.25, 0.3) is 17.1 Å². The van der Waals surface area contributed by atoms with E-state index in [1.807, 2.05) is 0 Å². The zero-order chi connectivity index (χ0) is 24.9. The standard InChI is InChI=1S/C25H30N6O4S/c1-36(33,34)28-22-9-6-19(24(26-22)30-14-12-25(10-11-25)13-15-30)31-16-18(27-29-31)20-7-8-21(35-20)23(32)17-4-2-3-5-17/h6-9,16-17H,2-5,10-15H2,1H3,(H,26,28). The Morgan fingerprint density at radius 3 is 2.53 bits per heavy atom. The number of rotatable bonds is 7. The Bertz CT molecular complexity index is 1390. The second kappa shape index (κ2) is 8.72. The number of nitrogens with zero attached hydrogens (tertiary/aromatic N) is 5. The third kappa shape index (κ3) is 4.63. The maximum absolute atomic E-state index is 12.7. The average molecular weight is 511 g/mol. The van der Waals surface area contributed by atoms with Gasteiger partial charge in [0.2, 0.25) is 15.8 Å². The number of anilines is 2. The number of furan rings is 1. The number of pyridine rings is 1. The van der Waals surface area contributed by atoms with Crippen molar-refractivity contribution in [2.75, 3.05) is 29.0 Å². The maximum atomic E-state index is 12.7. The van der Waals surface area contributed by atoms with Gasteiger partial charge in [-0.15, -0.1) is 5.10 Å². The molecule has 10 nitrogen and oxygen atoms in total. The Labute approximate surface area is 210 Å². The van der Waals surface area contributed by atoms with Gasteiger partial charge in [-0.2, -0.15) is 0 Å². The third-order valence-corrected chi connectivity index (χ3v) is 8.37. The summed E-state index contributed by atoms with van der Waals surface area (Å²) in [6, 6.07) is 6.90. The molecule has 0 amide bonds. The number of ketones is 1. The summed E-state index contributed by atoms with van der Waals surface area (Å²) < 4.78 is 33.6. The average Bonchev–Trinajstić information content (AvgIpc) is 3.35. The first-order chi connectivity index (χ1) is 17.3. The Morgan fingerprint density at radius 2 is 1.83 bits per heavy atom. The molecule has 1 spiro atoms. The van der Waals surface area contributed by atoms with Crippen LogP contribution in [-0.2, 0) is 10.0 Å². The number of sulfonamides is 1. The number of carbonyl (C=O) groups is 1. The van der Waals surface area contributed by atoms with E-state index in [4.69, 9.17) is 4.42 Å². The number of nitrogens with one attached hydrogen (secondary N) is 1. The number of piperidine rings is 1. The van der Waals surface area contributed by atoms with E-state index in [9.17, 15) is 13.2 Å². The summed E-state index contributed by atoms with van der Waals surface area (Å²) in [5.41, 5.74) is 1.71. The molecule has 2 saturated carbocycles. The van der Waals surface area contributed by atoms with Gasteiger partial charge in [-0.3, -0.25) is 9.52 Å². The number of hydrogen-bond acceptors (Lipinski definition) is 8. The molecule has 6 rings (SSSR count). The fourth-order valence-corrected chi connectivity index (χ4v) is 5.95. The Morgan fingerprint density at radius 1 is 1.08 bits per heavy atom. The lowest BCUT2D eigenvalue weighted by Gasteiger charge is -2.34. The van der Waals surface area contributed by atoms with Gasteiger partial charge < -0.3 is 9.32 Å². The Kier molecular flexibility index (Phi) is 5.62. The van der Waals surface area contributed by atoms with Crippen LogP contribution >= 0.6 is 0 Å². The molecule has 1 N–H and O–H groups in total. The number of hydrogen-bond donors (Lipinski definition) is 1. The van der Waals surface area contributed by atoms with Crippen molar-refractivity contribution in [3.63, 3.8) is 0 Å². The highest BCUT2D eigenvalue weighted by Gasteiger charge is 2.44. The van der Waals surface area contributed by atoms with Crippen molar-refractivity contribution in [1.82, 2.24) is 20.0 Å². The fourth-order valence-electron chi connectivity index (χ4n) is 5.46. The monoisotopic (exact) mass is 510 g/mol. The molecular formula is C25H30N6O4S. The molecule has 3 fully saturated rings. The molecule has 11 heteroatoms. The molecule has 4 heterocycles. The lowest BCUT2D eigenvalue weighted by atomic mass is 9.94. The molecule has 0 radical (unpaired) electrons. The molecular weight excluding hydrogens is 480 g/mol. The van der Waals surface area contributed by atoms with Gasteiger partial charge in [0.15, 0.2) is 17.3 Å². The molecule has 2 aliphatic carbocycles. The van der Waals surface area contributed by atoms with E-state index < -0.39 is 10.0 Å². The first kappa shape index (κ1) is 23.2. The molecule has 1 saturated heterocycles. The van der Waals surface area contributed by atoms with Gasteiger partial charge in [-0.1, -0.05) is 18.1 Å². The normalized spacial score (nSPS) is 19.6. The van der Waals surface area contributed by atoms with E-state index in [0.717, 1.165) is 57.9 Å². The van der Waals surface area contributed by atoms with Crippen LogP contribution in [0.3, 0.4) is 0 Å². The summed E-state index contributed by atoms with van der Waals surface area (Å²) in [6.45, 7) is 1.71. The van der Waals surface area contributed by atoms with E-state index in [1.54, 1.807) is 35.1 Å². The topological polar surface area (TPSA) is 123 Å². The minimum absolute atomic E-state index is 0.0479. The highest BCUT2D eigenvalue weighted by Crippen LogP contribution is 2.54. The Balaban J connectivity index is 1.29. The van der Waals surface area contributed by atoms with Crippen LogP contribution in [-0.4, -0.2) is 53.5 Å². The predicted octanol–water partition coefficient (Wildman–Crippen LogP) is 4.05. The van der Waals surface area contributed by atoms with Crippen molar-refractivity contribution in [2.45, 2.75) is 51.4 Å². The smallest absolute Gasteiger partial charge is 0.230 e. The molecule has 0 atom stereocenters. The van der Waals surface area contributed by atoms with Gasteiger partial charge in [0.25, 0.3) is 0 Å². The molecule has 1 aliphatic heterocycles. The van der Waals surface area contributed by atoms with Gasteiger partial charge in [-0.05, 0) is 68.2 Å². The van der Waals surface area contributed by atoms with Gasteiger partial charge in [0.05, 0.1) is 12.5 Å². The molecule has 3 aliphatic rings. The van der Waals surface area contributed by atoms with E-state index >= 15 is 0 Å². The first-order valence-electron chi connectivity index (χ1n) is 12.6. The zero-order valence-electron chi connectivity index (χ0n) is 20.3. The van der Waals surface area contributed by atoms with Crippen molar-refractivity contribution in [1.29, 1.82) is 0 Å². The van der Waals surface area contributed by atoms with Crippen LogP contribution in [0.1, 0.15) is 61.9 Å². The lowest BCUT2D eigenvalue weighted by molar-refractivity contribution is 0.0895. The Hall–Kier alpha value is -3.21. The molecule has 0 aromatic carbocycles. The summed E-state index contributed by atoms with van der Waals surface area (Å²) in [4.78, 5) is 19.6. The van der Waals surface area contributed by atoms with Crippen molar-refractivity contribution >= 4 is 27.4 Å². The van der Waals surface area contributed by atoms with Crippen molar-refractivity contribution in [3.05, 3.63) is 36.2 Å². The molecule has 190 valence electrons. The minimum Gasteiger partial charge on any atom is -0.451 e. The third-order valence-electron chi connectivity index (χ3n) is 7.79. The van der Waals surface area contributed by atoms with Crippen molar-refractivity contribution in [2.24, 2.45) is 11.3 Å². The molecule has 36 heavy (non-hydrogen) atoms. The molecule has 3 aromatic rings. The van der Waals surface area contributed by atoms with Crippen LogP contribution < -0.4 is 9.62 Å². The molecule has 3 aromatic heterocycles. The van der Waals surface area contributed by atoms with Gasteiger partial charge in [0.1, 0.15) is 17.2 Å². The number of aromatic nitrogens is 4. The van der Waals surface area contributed by atoms with Crippen LogP contribution in [0, 0.1) is 11.3 Å². The van der Waals surface area contributed by atoms with Crippen molar-refractivity contribution < 1.29 is 17.6 Å². The summed E-state index contributed by atoms with van der Waals surface area (Å²) in [7, 11) is -3.46. The summed E-state index contributed by atoms with van der Waals surface area (Å²) in [6.07, 6.45) is 11.7. The highest BCUT2D eigenvalue weighted by atomic mass is 32.2. The summed E-state index contributed by atoms with van der Waals surface area (Å²) in [5.74, 6) is 1.89. The number of Topliss-reactive ketones (excluding diaryl/α,β-unsaturated/α-hetero) is 1. The molecule has 0 unspecified atom stereocenters. The van der Waals surface area contributed by atoms with E-state index in [1.165, 1.54) is 12.8 Å².